The molecule has 20 heavy (non-hydrogen) atoms. The molecule has 1 rings (SSSR count). The predicted molar refractivity (Wildman–Crippen MR) is 82.1 cm³/mol. The first-order chi connectivity index (χ1) is 9.76. The Labute approximate surface area is 127 Å². The van der Waals surface area contributed by atoms with E-state index in [2.05, 4.69) is 33.7 Å². The molecule has 0 aliphatic rings. The third-order valence-electron chi connectivity index (χ3n) is 2.16. The van der Waals surface area contributed by atoms with Gasteiger partial charge in [0.25, 0.3) is 0 Å². The lowest BCUT2D eigenvalue weighted by molar-refractivity contribution is 0.285. The molecule has 0 aliphatic heterocycles. The highest BCUT2D eigenvalue weighted by atomic mass is 79.9. The first kappa shape index (κ1) is 15.8. The summed E-state index contributed by atoms with van der Waals surface area (Å²) in [6.07, 6.45) is 15.6. The summed E-state index contributed by atoms with van der Waals surface area (Å²) in [6.45, 7) is 0.325. The highest BCUT2D eigenvalue weighted by Gasteiger charge is 2.15. The van der Waals surface area contributed by atoms with Crippen molar-refractivity contribution in [3.05, 3.63) is 17.7 Å². The van der Waals surface area contributed by atoms with Crippen LogP contribution < -0.4 is 14.2 Å². The fourth-order valence-corrected chi connectivity index (χ4v) is 1.74. The second-order valence-corrected chi connectivity index (χ2v) is 4.09. The Morgan fingerprint density at radius 3 is 1.70 bits per heavy atom. The molecule has 1 aromatic rings. The van der Waals surface area contributed by atoms with Crippen LogP contribution in [0.4, 0.5) is 0 Å². The average molecular weight is 333 g/mol. The number of hydrogen-bond acceptors (Lipinski definition) is 3. The Morgan fingerprint density at radius 2 is 1.30 bits per heavy atom. The quantitative estimate of drug-likeness (QED) is 0.567. The summed E-state index contributed by atoms with van der Waals surface area (Å²) in [7, 11) is 0. The predicted octanol–water partition coefficient (Wildman–Crippen LogP) is 2.62. The van der Waals surface area contributed by atoms with Crippen LogP contribution in [0.5, 0.6) is 17.2 Å². The number of hydrogen-bond donors (Lipinski definition) is 0. The van der Waals surface area contributed by atoms with Crippen LogP contribution in [-0.2, 0) is 5.33 Å². The summed E-state index contributed by atoms with van der Waals surface area (Å²) < 4.78 is 16.4. The normalized spacial score (nSPS) is 8.90. The first-order valence-electron chi connectivity index (χ1n) is 5.68. The highest BCUT2D eigenvalue weighted by molar-refractivity contribution is 9.08. The Hall–Kier alpha value is -2.22. The van der Waals surface area contributed by atoms with Crippen molar-refractivity contribution >= 4 is 15.9 Å². The number of halogens is 1. The molecule has 4 heteroatoms. The smallest absolute Gasteiger partial charge is 0.204 e. The molecule has 0 N–H and O–H groups in total. The van der Waals surface area contributed by atoms with E-state index in [4.69, 9.17) is 33.5 Å². The van der Waals surface area contributed by atoms with Gasteiger partial charge in [0.15, 0.2) is 11.5 Å². The maximum absolute atomic E-state index is 5.47. The van der Waals surface area contributed by atoms with Gasteiger partial charge in [0.05, 0.1) is 0 Å². The van der Waals surface area contributed by atoms with Crippen molar-refractivity contribution in [1.29, 1.82) is 0 Å². The molecular weight excluding hydrogens is 320 g/mol. The molecule has 1 aromatic carbocycles. The topological polar surface area (TPSA) is 27.7 Å². The highest BCUT2D eigenvalue weighted by Crippen LogP contribution is 2.39. The molecule has 0 spiro atoms. The fraction of sp³-hybridized carbons (Fsp3) is 0.250. The van der Waals surface area contributed by atoms with Gasteiger partial charge >= 0.3 is 0 Å². The summed E-state index contributed by atoms with van der Waals surface area (Å²) in [4.78, 5) is 0. The number of benzene rings is 1. The Morgan fingerprint density at radius 1 is 0.850 bits per heavy atom. The molecule has 3 nitrogen and oxygen atoms in total. The minimum atomic E-state index is 0.0898. The van der Waals surface area contributed by atoms with Crippen molar-refractivity contribution in [3.63, 3.8) is 0 Å². The van der Waals surface area contributed by atoms with Crippen molar-refractivity contribution in [2.45, 2.75) is 5.33 Å². The average Bonchev–Trinajstić information content (AvgIpc) is 2.48. The summed E-state index contributed by atoms with van der Waals surface area (Å²) in [5.74, 6) is 8.53. The third-order valence-corrected chi connectivity index (χ3v) is 2.80. The second-order valence-electron chi connectivity index (χ2n) is 3.53. The zero-order valence-electron chi connectivity index (χ0n) is 10.8. The number of rotatable bonds is 7. The number of ether oxygens (including phenoxy) is 3. The van der Waals surface area contributed by atoms with Crippen LogP contribution in [0.15, 0.2) is 12.1 Å². The lowest BCUT2D eigenvalue weighted by Crippen LogP contribution is -2.04. The Bertz CT molecular complexity index is 534. The molecule has 102 valence electrons. The van der Waals surface area contributed by atoms with Crippen molar-refractivity contribution in [2.24, 2.45) is 0 Å². The van der Waals surface area contributed by atoms with Crippen LogP contribution in [0.2, 0.25) is 0 Å². The van der Waals surface area contributed by atoms with Gasteiger partial charge in [-0.05, 0) is 17.7 Å². The second kappa shape index (κ2) is 8.81. The number of terminal acetylenes is 3. The maximum atomic E-state index is 5.47. The van der Waals surface area contributed by atoms with Gasteiger partial charge in [0, 0.05) is 5.33 Å². The van der Waals surface area contributed by atoms with E-state index in [9.17, 15) is 0 Å². The van der Waals surface area contributed by atoms with Crippen LogP contribution in [-0.4, -0.2) is 19.8 Å². The van der Waals surface area contributed by atoms with Gasteiger partial charge < -0.3 is 14.2 Å². The SMILES string of the molecule is C#CCOc1cc(CBr)cc(OCC#C)c1OCC#C. The molecule has 0 bridgehead atoms. The minimum absolute atomic E-state index is 0.0898. The van der Waals surface area contributed by atoms with Gasteiger partial charge in [-0.25, -0.2) is 0 Å². The van der Waals surface area contributed by atoms with E-state index < -0.39 is 0 Å². The molecule has 0 unspecified atom stereocenters. The minimum Gasteiger partial charge on any atom is -0.477 e. The molecule has 0 heterocycles. The van der Waals surface area contributed by atoms with Crippen LogP contribution in [0.3, 0.4) is 0 Å². The van der Waals surface area contributed by atoms with Gasteiger partial charge in [-0.15, -0.1) is 19.3 Å². The number of alkyl halides is 1. The van der Waals surface area contributed by atoms with Crippen molar-refractivity contribution in [1.82, 2.24) is 0 Å². The molecular formula is C16H13BrO3. The summed E-state index contributed by atoms with van der Waals surface area (Å²) in [5, 5.41) is 0.626. The zero-order valence-corrected chi connectivity index (χ0v) is 12.4. The summed E-state index contributed by atoms with van der Waals surface area (Å²) >= 11 is 3.37. The summed E-state index contributed by atoms with van der Waals surface area (Å²) in [5.41, 5.74) is 0.942. The Kier molecular flexibility index (Phi) is 6.97. The molecule has 0 saturated carbocycles. The van der Waals surface area contributed by atoms with E-state index in [1.807, 2.05) is 0 Å². The van der Waals surface area contributed by atoms with Gasteiger partial charge in [-0.3, -0.25) is 0 Å². The fourth-order valence-electron chi connectivity index (χ4n) is 1.42. The Balaban J connectivity index is 3.18. The van der Waals surface area contributed by atoms with E-state index in [1.165, 1.54) is 0 Å². The molecule has 0 aromatic heterocycles. The van der Waals surface area contributed by atoms with E-state index >= 15 is 0 Å². The van der Waals surface area contributed by atoms with Gasteiger partial charge in [-0.2, -0.15) is 0 Å². The van der Waals surface area contributed by atoms with Crippen molar-refractivity contribution in [3.8, 4) is 54.3 Å². The standard InChI is InChI=1S/C16H13BrO3/c1-4-7-18-14-10-13(12-17)11-15(19-8-5-2)16(14)20-9-6-3/h1-3,10-11H,7-9,12H2. The lowest BCUT2D eigenvalue weighted by Gasteiger charge is -2.15. The van der Waals surface area contributed by atoms with Crippen molar-refractivity contribution < 1.29 is 14.2 Å². The molecule has 0 aliphatic carbocycles. The zero-order chi connectivity index (χ0) is 14.8. The van der Waals surface area contributed by atoms with Gasteiger partial charge in [0.1, 0.15) is 19.8 Å². The maximum Gasteiger partial charge on any atom is 0.204 e. The third kappa shape index (κ3) is 4.47. The van der Waals surface area contributed by atoms with E-state index in [0.717, 1.165) is 5.56 Å². The largest absolute Gasteiger partial charge is 0.477 e. The molecule has 0 amide bonds. The molecule has 0 saturated heterocycles. The van der Waals surface area contributed by atoms with Crippen molar-refractivity contribution in [2.75, 3.05) is 19.8 Å². The van der Waals surface area contributed by atoms with Crippen LogP contribution in [0, 0.1) is 37.0 Å². The molecule has 0 atom stereocenters. The van der Waals surface area contributed by atoms with Crippen LogP contribution in [0.25, 0.3) is 0 Å². The van der Waals surface area contributed by atoms with Crippen LogP contribution in [0.1, 0.15) is 5.56 Å². The van der Waals surface area contributed by atoms with Gasteiger partial charge in [0.2, 0.25) is 5.75 Å². The van der Waals surface area contributed by atoms with E-state index in [1.54, 1.807) is 12.1 Å². The monoisotopic (exact) mass is 332 g/mol. The first-order valence-corrected chi connectivity index (χ1v) is 6.80. The molecule has 0 radical (unpaired) electrons. The van der Waals surface area contributed by atoms with E-state index in [-0.39, 0.29) is 19.8 Å². The van der Waals surface area contributed by atoms with Crippen LogP contribution >= 0.6 is 15.9 Å². The van der Waals surface area contributed by atoms with Gasteiger partial charge in [-0.1, -0.05) is 33.7 Å². The molecule has 0 fully saturated rings. The lowest BCUT2D eigenvalue weighted by atomic mass is 10.2. The van der Waals surface area contributed by atoms with E-state index in [0.29, 0.717) is 22.6 Å². The summed E-state index contributed by atoms with van der Waals surface area (Å²) in [6, 6.07) is 3.61.